The van der Waals surface area contributed by atoms with Gasteiger partial charge in [0, 0.05) is 29.2 Å². The summed E-state index contributed by atoms with van der Waals surface area (Å²) in [5.74, 6) is 0. The van der Waals surface area contributed by atoms with Gasteiger partial charge >= 0.3 is 0 Å². The number of fused-ring (bicyclic) bond motifs is 1. The predicted octanol–water partition coefficient (Wildman–Crippen LogP) is 2.91. The van der Waals surface area contributed by atoms with Crippen molar-refractivity contribution in [1.82, 2.24) is 9.71 Å². The van der Waals surface area contributed by atoms with E-state index in [1.54, 1.807) is 0 Å². The number of nitro groups is 1. The van der Waals surface area contributed by atoms with Crippen LogP contribution in [0.5, 0.6) is 0 Å². The van der Waals surface area contributed by atoms with Gasteiger partial charge in [-0.05, 0) is 31.0 Å². The van der Waals surface area contributed by atoms with Crippen LogP contribution < -0.4 is 4.72 Å². The van der Waals surface area contributed by atoms with Crippen molar-refractivity contribution in [2.24, 2.45) is 0 Å². The molecule has 7 nitrogen and oxygen atoms in total. The molecule has 0 fully saturated rings. The van der Waals surface area contributed by atoms with Gasteiger partial charge in [0.2, 0.25) is 10.0 Å². The molecule has 8 heteroatoms. The van der Waals surface area contributed by atoms with E-state index in [0.29, 0.717) is 6.42 Å². The molecule has 1 heterocycles. The molecule has 0 aliphatic rings. The van der Waals surface area contributed by atoms with Gasteiger partial charge in [-0.2, -0.15) is 0 Å². The topological polar surface area (TPSA) is 105 Å². The lowest BCUT2D eigenvalue weighted by Gasteiger charge is -2.07. The highest BCUT2D eigenvalue weighted by atomic mass is 32.2. The van der Waals surface area contributed by atoms with Crippen LogP contribution in [0.25, 0.3) is 10.9 Å². The summed E-state index contributed by atoms with van der Waals surface area (Å²) in [6.45, 7) is 2.09. The fourth-order valence-electron chi connectivity index (χ4n) is 2.88. The lowest BCUT2D eigenvalue weighted by molar-refractivity contribution is -0.387. The number of para-hydroxylation sites is 2. The maximum absolute atomic E-state index is 12.4. The van der Waals surface area contributed by atoms with Gasteiger partial charge in [-0.3, -0.25) is 10.1 Å². The van der Waals surface area contributed by atoms with E-state index in [1.165, 1.54) is 24.3 Å². The minimum atomic E-state index is -3.96. The van der Waals surface area contributed by atoms with E-state index in [-0.39, 0.29) is 11.4 Å². The summed E-state index contributed by atoms with van der Waals surface area (Å²) >= 11 is 0. The number of rotatable bonds is 6. The van der Waals surface area contributed by atoms with Gasteiger partial charge in [0.15, 0.2) is 4.90 Å². The summed E-state index contributed by atoms with van der Waals surface area (Å²) in [5, 5.41) is 12.1. The van der Waals surface area contributed by atoms with Gasteiger partial charge in [-0.15, -0.1) is 0 Å². The molecule has 25 heavy (non-hydrogen) atoms. The van der Waals surface area contributed by atoms with Crippen LogP contribution in [-0.2, 0) is 16.4 Å². The van der Waals surface area contributed by atoms with Crippen LogP contribution in [-0.4, -0.2) is 24.9 Å². The smallest absolute Gasteiger partial charge is 0.289 e. The molecule has 0 spiro atoms. The maximum Gasteiger partial charge on any atom is 0.289 e. The number of hydrogen-bond acceptors (Lipinski definition) is 4. The molecule has 130 valence electrons. The number of sulfonamides is 1. The van der Waals surface area contributed by atoms with E-state index in [4.69, 9.17) is 0 Å². The summed E-state index contributed by atoms with van der Waals surface area (Å²) in [5.41, 5.74) is 2.57. The van der Waals surface area contributed by atoms with Crippen LogP contribution in [0.15, 0.2) is 53.4 Å². The van der Waals surface area contributed by atoms with Crippen LogP contribution in [0.4, 0.5) is 5.69 Å². The highest BCUT2D eigenvalue weighted by Gasteiger charge is 2.24. The second-order valence-electron chi connectivity index (χ2n) is 5.65. The van der Waals surface area contributed by atoms with Crippen molar-refractivity contribution in [3.63, 3.8) is 0 Å². The third-order valence-corrected chi connectivity index (χ3v) is 5.55. The lowest BCUT2D eigenvalue weighted by atomic mass is 10.1. The van der Waals surface area contributed by atoms with E-state index < -0.39 is 20.6 Å². The molecule has 3 aromatic rings. The summed E-state index contributed by atoms with van der Waals surface area (Å²) in [7, 11) is -3.96. The first kappa shape index (κ1) is 17.1. The first-order valence-corrected chi connectivity index (χ1v) is 9.18. The van der Waals surface area contributed by atoms with Gasteiger partial charge in [-0.1, -0.05) is 30.3 Å². The van der Waals surface area contributed by atoms with Crippen molar-refractivity contribution in [3.05, 3.63) is 69.9 Å². The van der Waals surface area contributed by atoms with E-state index >= 15 is 0 Å². The Labute approximate surface area is 144 Å². The lowest BCUT2D eigenvalue weighted by Crippen LogP contribution is -2.26. The molecule has 0 saturated heterocycles. The molecule has 0 atom stereocenters. The molecule has 0 unspecified atom stereocenters. The number of aryl methyl sites for hydroxylation is 1. The minimum Gasteiger partial charge on any atom is -0.358 e. The normalized spacial score (nSPS) is 11.7. The highest BCUT2D eigenvalue weighted by Crippen LogP contribution is 2.24. The number of nitro benzene ring substituents is 1. The fraction of sp³-hybridized carbons (Fsp3) is 0.176. The summed E-state index contributed by atoms with van der Waals surface area (Å²) in [4.78, 5) is 13.3. The van der Waals surface area contributed by atoms with Crippen molar-refractivity contribution < 1.29 is 13.3 Å². The quantitative estimate of drug-likeness (QED) is 0.521. The molecule has 3 rings (SSSR count). The third-order valence-electron chi connectivity index (χ3n) is 4.05. The second-order valence-corrected chi connectivity index (χ2v) is 7.38. The Balaban J connectivity index is 1.79. The Hall–Kier alpha value is -2.71. The second kappa shape index (κ2) is 6.66. The zero-order valence-electron chi connectivity index (χ0n) is 13.5. The Bertz CT molecular complexity index is 1040. The van der Waals surface area contributed by atoms with Crippen molar-refractivity contribution in [2.45, 2.75) is 18.2 Å². The molecule has 0 saturated carbocycles. The first-order chi connectivity index (χ1) is 11.9. The summed E-state index contributed by atoms with van der Waals surface area (Å²) < 4.78 is 27.3. The molecule has 0 bridgehead atoms. The molecular formula is C17H17N3O4S. The van der Waals surface area contributed by atoms with Crippen LogP contribution in [0.2, 0.25) is 0 Å². The zero-order valence-corrected chi connectivity index (χ0v) is 14.3. The van der Waals surface area contributed by atoms with Crippen LogP contribution in [0.3, 0.4) is 0 Å². The molecule has 0 aliphatic carbocycles. The van der Waals surface area contributed by atoms with Crippen molar-refractivity contribution in [1.29, 1.82) is 0 Å². The van der Waals surface area contributed by atoms with Gasteiger partial charge in [0.25, 0.3) is 5.69 Å². The number of nitrogens with zero attached hydrogens (tertiary/aromatic N) is 1. The number of hydrogen-bond donors (Lipinski definition) is 2. The highest BCUT2D eigenvalue weighted by molar-refractivity contribution is 7.89. The minimum absolute atomic E-state index is 0.150. The molecule has 0 radical (unpaired) electrons. The van der Waals surface area contributed by atoms with Crippen molar-refractivity contribution >= 4 is 26.6 Å². The molecule has 1 aromatic heterocycles. The molecule has 0 amide bonds. The van der Waals surface area contributed by atoms with E-state index in [1.807, 2.05) is 31.2 Å². The van der Waals surface area contributed by atoms with Gasteiger partial charge in [0.1, 0.15) is 0 Å². The monoisotopic (exact) mass is 359 g/mol. The van der Waals surface area contributed by atoms with E-state index in [9.17, 15) is 18.5 Å². The SMILES string of the molecule is Cc1[nH]c2ccccc2c1CCNS(=O)(=O)c1ccccc1[N+](=O)[O-]. The molecule has 0 aliphatic heterocycles. The largest absolute Gasteiger partial charge is 0.358 e. The number of benzene rings is 2. The third kappa shape index (κ3) is 3.40. The van der Waals surface area contributed by atoms with E-state index in [2.05, 4.69) is 9.71 Å². The Kier molecular flexibility index (Phi) is 4.56. The van der Waals surface area contributed by atoms with Gasteiger partial charge in [-0.25, -0.2) is 13.1 Å². The average Bonchev–Trinajstić information content (AvgIpc) is 2.90. The predicted molar refractivity (Wildman–Crippen MR) is 95.0 cm³/mol. The van der Waals surface area contributed by atoms with Crippen molar-refractivity contribution in [3.8, 4) is 0 Å². The maximum atomic E-state index is 12.4. The van der Waals surface area contributed by atoms with E-state index in [0.717, 1.165) is 22.2 Å². The average molecular weight is 359 g/mol. The van der Waals surface area contributed by atoms with Crippen LogP contribution in [0, 0.1) is 17.0 Å². The zero-order chi connectivity index (χ0) is 18.0. The summed E-state index contributed by atoms with van der Waals surface area (Å²) in [6.07, 6.45) is 0.482. The summed E-state index contributed by atoms with van der Waals surface area (Å²) in [6, 6.07) is 13.1. The van der Waals surface area contributed by atoms with Crippen molar-refractivity contribution in [2.75, 3.05) is 6.54 Å². The molecular weight excluding hydrogens is 342 g/mol. The fourth-order valence-corrected chi connectivity index (χ4v) is 4.08. The standard InChI is InChI=1S/C17H17N3O4S/c1-12-13(14-6-2-3-7-15(14)19-12)10-11-18-25(23,24)17-9-5-4-8-16(17)20(21)22/h2-9,18-19H,10-11H2,1H3. The van der Waals surface area contributed by atoms with Gasteiger partial charge in [0.05, 0.1) is 4.92 Å². The molecule has 2 aromatic carbocycles. The Morgan fingerprint density at radius 3 is 2.56 bits per heavy atom. The van der Waals surface area contributed by atoms with Crippen LogP contribution in [0.1, 0.15) is 11.3 Å². The number of nitrogens with one attached hydrogen (secondary N) is 2. The molecule has 2 N–H and O–H groups in total. The Morgan fingerprint density at radius 1 is 1.12 bits per heavy atom. The van der Waals surface area contributed by atoms with Crippen LogP contribution >= 0.6 is 0 Å². The van der Waals surface area contributed by atoms with Gasteiger partial charge < -0.3 is 4.98 Å². The number of aromatic nitrogens is 1. The first-order valence-electron chi connectivity index (χ1n) is 7.69. The number of H-pyrrole nitrogens is 1. The Morgan fingerprint density at radius 2 is 1.80 bits per heavy atom. The number of aromatic amines is 1.